The predicted molar refractivity (Wildman–Crippen MR) is 155 cm³/mol. The molecule has 4 aliphatic rings. The molecule has 0 radical (unpaired) electrons. The van der Waals surface area contributed by atoms with Gasteiger partial charge in [0.25, 0.3) is 0 Å². The number of Topliss-reactive ketones (excluding diaryl/α,β-unsaturated/α-hetero) is 1. The van der Waals surface area contributed by atoms with Crippen molar-refractivity contribution in [3.05, 3.63) is 24.2 Å². The summed E-state index contributed by atoms with van der Waals surface area (Å²) in [5, 5.41) is 72.8. The standard InChI is InChI=1S/C32H46O14/c1-28(2,42)18-12-19(34)31(5)17(29(18,3)9-7-20(35)36)6-10-30(4,32(31)25(46-32)26(40)41)24(15-8-11-43-14-15)45-27-23(39)22(38)21(37)16(13-33)44-27/h8,11,14,16-18,21-25,27,33,37-39,42H,6-7,9-10,12-13H2,1-5H3,(H,35,36)(H,40,41)/t16-,17-,18+,21-,22+,23-,24+,25-,27+,29-,30+,31+,32-/m1/s1. The molecule has 0 unspecified atom stereocenters. The molecule has 0 amide bonds. The Morgan fingerprint density at radius 1 is 1.11 bits per heavy atom. The van der Waals surface area contributed by atoms with Gasteiger partial charge in [-0.1, -0.05) is 13.8 Å². The summed E-state index contributed by atoms with van der Waals surface area (Å²) in [5.74, 6) is -3.92. The molecule has 46 heavy (non-hydrogen) atoms. The van der Waals surface area contributed by atoms with E-state index in [0.717, 1.165) is 0 Å². The molecule has 7 N–H and O–H groups in total. The highest BCUT2D eigenvalue weighted by molar-refractivity contribution is 5.92. The number of aliphatic hydroxyl groups excluding tert-OH is 4. The van der Waals surface area contributed by atoms with Gasteiger partial charge in [0, 0.05) is 23.8 Å². The lowest BCUT2D eigenvalue weighted by atomic mass is 9.37. The van der Waals surface area contributed by atoms with Crippen LogP contribution in [-0.2, 0) is 28.6 Å². The number of furan rings is 1. The Hall–Kier alpha value is -2.43. The Balaban J connectivity index is 1.65. The van der Waals surface area contributed by atoms with Crippen LogP contribution in [0.5, 0.6) is 0 Å². The van der Waals surface area contributed by atoms with Gasteiger partial charge in [0.05, 0.1) is 36.3 Å². The van der Waals surface area contributed by atoms with Crippen LogP contribution in [0.4, 0.5) is 0 Å². The van der Waals surface area contributed by atoms with E-state index >= 15 is 0 Å². The number of fused-ring (bicyclic) bond motifs is 2. The van der Waals surface area contributed by atoms with Gasteiger partial charge in [-0.2, -0.15) is 0 Å². The minimum atomic E-state index is -1.77. The Labute approximate surface area is 266 Å². The van der Waals surface area contributed by atoms with Crippen molar-refractivity contribution in [2.45, 2.75) is 121 Å². The van der Waals surface area contributed by atoms with Crippen molar-refractivity contribution in [3.63, 3.8) is 0 Å². The zero-order chi connectivity index (χ0) is 34.2. The summed E-state index contributed by atoms with van der Waals surface area (Å²) in [6.07, 6.45) is -7.68. The Kier molecular flexibility index (Phi) is 8.81. The fraction of sp³-hybridized carbons (Fsp3) is 0.781. The van der Waals surface area contributed by atoms with Crippen LogP contribution in [0, 0.1) is 28.1 Å². The zero-order valence-electron chi connectivity index (χ0n) is 26.7. The number of carboxylic acids is 2. The summed E-state index contributed by atoms with van der Waals surface area (Å²) in [4.78, 5) is 39.2. The van der Waals surface area contributed by atoms with E-state index in [1.165, 1.54) is 12.5 Å². The van der Waals surface area contributed by atoms with Gasteiger partial charge < -0.3 is 54.4 Å². The highest BCUT2D eigenvalue weighted by Gasteiger charge is 2.86. The lowest BCUT2D eigenvalue weighted by Gasteiger charge is -2.65. The first-order valence-electron chi connectivity index (χ1n) is 15.7. The normalized spacial score (nSPS) is 44.9. The molecule has 0 aromatic carbocycles. The number of aliphatic carboxylic acids is 2. The van der Waals surface area contributed by atoms with E-state index in [1.54, 1.807) is 33.8 Å². The summed E-state index contributed by atoms with van der Waals surface area (Å²) in [7, 11) is 0. The quantitative estimate of drug-likeness (QED) is 0.174. The number of hydrogen-bond acceptors (Lipinski definition) is 12. The molecule has 2 aliphatic carbocycles. The van der Waals surface area contributed by atoms with E-state index in [1.807, 2.05) is 6.92 Å². The molecule has 13 atom stereocenters. The molecule has 0 bridgehead atoms. The number of carbonyl (C=O) groups is 3. The average molecular weight is 655 g/mol. The minimum Gasteiger partial charge on any atom is -0.481 e. The van der Waals surface area contributed by atoms with Crippen LogP contribution < -0.4 is 0 Å². The summed E-state index contributed by atoms with van der Waals surface area (Å²) >= 11 is 0. The molecule has 5 rings (SSSR count). The van der Waals surface area contributed by atoms with Gasteiger partial charge in [0.2, 0.25) is 0 Å². The molecule has 2 saturated carbocycles. The van der Waals surface area contributed by atoms with E-state index in [9.17, 15) is 50.1 Å². The van der Waals surface area contributed by atoms with Crippen molar-refractivity contribution in [3.8, 4) is 0 Å². The molecule has 14 heteroatoms. The molecular formula is C32H46O14. The fourth-order valence-electron chi connectivity index (χ4n) is 9.68. The van der Waals surface area contributed by atoms with Crippen LogP contribution in [0.1, 0.15) is 78.4 Å². The number of rotatable bonds is 10. The van der Waals surface area contributed by atoms with Crippen molar-refractivity contribution in [2.75, 3.05) is 6.61 Å². The van der Waals surface area contributed by atoms with Gasteiger partial charge in [0.15, 0.2) is 12.4 Å². The van der Waals surface area contributed by atoms with E-state index in [4.69, 9.17) is 18.6 Å². The molecule has 1 aromatic rings. The smallest absolute Gasteiger partial charge is 0.335 e. The summed E-state index contributed by atoms with van der Waals surface area (Å²) < 4.78 is 23.7. The van der Waals surface area contributed by atoms with Gasteiger partial charge in [-0.15, -0.1) is 0 Å². The van der Waals surface area contributed by atoms with Gasteiger partial charge in [-0.25, -0.2) is 4.79 Å². The Morgan fingerprint density at radius 2 is 1.78 bits per heavy atom. The van der Waals surface area contributed by atoms with Crippen molar-refractivity contribution in [1.82, 2.24) is 0 Å². The number of epoxide rings is 1. The molecule has 258 valence electrons. The van der Waals surface area contributed by atoms with Gasteiger partial charge >= 0.3 is 11.9 Å². The van der Waals surface area contributed by atoms with Gasteiger partial charge in [-0.05, 0) is 63.4 Å². The highest BCUT2D eigenvalue weighted by Crippen LogP contribution is 2.77. The van der Waals surface area contributed by atoms with Gasteiger partial charge in [-0.3, -0.25) is 9.59 Å². The second-order valence-electron chi connectivity index (χ2n) is 14.8. The van der Waals surface area contributed by atoms with Crippen molar-refractivity contribution >= 4 is 17.7 Å². The molecule has 2 aliphatic heterocycles. The number of carbonyl (C=O) groups excluding carboxylic acids is 1. The maximum Gasteiger partial charge on any atom is 0.335 e. The molecule has 1 aromatic heterocycles. The highest BCUT2D eigenvalue weighted by atomic mass is 16.7. The third kappa shape index (κ3) is 4.95. The molecule has 14 nitrogen and oxygen atoms in total. The zero-order valence-corrected chi connectivity index (χ0v) is 26.7. The van der Waals surface area contributed by atoms with E-state index in [0.29, 0.717) is 12.0 Å². The fourth-order valence-corrected chi connectivity index (χ4v) is 9.68. The minimum absolute atomic E-state index is 0.127. The largest absolute Gasteiger partial charge is 0.481 e. The van der Waals surface area contributed by atoms with Crippen LogP contribution >= 0.6 is 0 Å². The van der Waals surface area contributed by atoms with Crippen LogP contribution in [0.3, 0.4) is 0 Å². The Bertz CT molecular complexity index is 1320. The third-order valence-corrected chi connectivity index (χ3v) is 11.9. The number of hydrogen-bond donors (Lipinski definition) is 7. The van der Waals surface area contributed by atoms with Gasteiger partial charge in [0.1, 0.15) is 35.8 Å². The van der Waals surface area contributed by atoms with Crippen LogP contribution in [0.2, 0.25) is 0 Å². The van der Waals surface area contributed by atoms with Crippen LogP contribution in [0.15, 0.2) is 23.0 Å². The van der Waals surface area contributed by atoms with Crippen molar-refractivity contribution in [2.24, 2.45) is 28.1 Å². The van der Waals surface area contributed by atoms with Crippen molar-refractivity contribution < 1.29 is 68.8 Å². The molecule has 1 spiro atoms. The SMILES string of the molecule is CC(C)(O)[C@@H]1CC(=O)[C@]2(C)[C@H](CC[C@@](C)([C@@H](O[C@@H]3O[C@H](CO)[C@@H](O)[C@H](O)[C@H]3O)c3ccoc3)[C@@]23O[C@@H]3C(=O)O)[C@@]1(C)CCC(=O)O. The number of carboxylic acid groups (broad SMARTS) is 2. The monoisotopic (exact) mass is 654 g/mol. The van der Waals surface area contributed by atoms with E-state index in [-0.39, 0.29) is 31.5 Å². The van der Waals surface area contributed by atoms with Crippen molar-refractivity contribution in [1.29, 1.82) is 0 Å². The second kappa shape index (κ2) is 11.6. The lowest BCUT2D eigenvalue weighted by Crippen LogP contribution is -2.70. The first kappa shape index (κ1) is 34.9. The summed E-state index contributed by atoms with van der Waals surface area (Å²) in [6, 6.07) is 1.57. The number of aliphatic hydroxyl groups is 5. The third-order valence-electron chi connectivity index (χ3n) is 11.9. The lowest BCUT2D eigenvalue weighted by molar-refractivity contribution is -0.328. The predicted octanol–water partition coefficient (Wildman–Crippen LogP) is 1.01. The maximum absolute atomic E-state index is 14.5. The molecule has 3 heterocycles. The Morgan fingerprint density at radius 3 is 2.30 bits per heavy atom. The first-order valence-corrected chi connectivity index (χ1v) is 15.7. The summed E-state index contributed by atoms with van der Waals surface area (Å²) in [6.45, 7) is 7.74. The molecule has 4 fully saturated rings. The van der Waals surface area contributed by atoms with Crippen LogP contribution in [-0.4, -0.2) is 108 Å². The average Bonchev–Trinajstić information content (AvgIpc) is 3.54. The van der Waals surface area contributed by atoms with Crippen LogP contribution in [0.25, 0.3) is 0 Å². The first-order chi connectivity index (χ1) is 21.3. The maximum atomic E-state index is 14.5. The molecule has 2 saturated heterocycles. The van der Waals surface area contributed by atoms with E-state index in [2.05, 4.69) is 0 Å². The summed E-state index contributed by atoms with van der Waals surface area (Å²) in [5.41, 5.74) is -6.44. The topological polar surface area (TPSA) is 237 Å². The molecular weight excluding hydrogens is 608 g/mol. The second-order valence-corrected chi connectivity index (χ2v) is 14.8. The number of ketones is 1. The van der Waals surface area contributed by atoms with E-state index < -0.39 is 101 Å². The number of ether oxygens (including phenoxy) is 3.